The Morgan fingerprint density at radius 3 is 1.78 bits per heavy atom. The Morgan fingerprint density at radius 1 is 0.418 bits per heavy atom. The molecule has 306 valence electrons. The molecule has 0 spiro atoms. The standard InChI is InChI=1S/C61H39B4NO/c1-61(2)49-23-10-8-18-44(49)47-22-12-20-42(54(47)61)39-30-33-41(34-31-39)66(59-57(64)55(62)52(56(63)58(59)65)40-28-26-37(27-29-40)36-14-4-3-5-15-36)50-24-11-9-19-45(50)46-21-13-25-51-53(46)48-35-32-38-16-6-7-17-43(38)60(48)67-51/h3-35H,1-2H3. The number of nitrogens with zero attached hydrogens (tertiary/aromatic N) is 1. The highest BCUT2D eigenvalue weighted by atomic mass is 16.3. The topological polar surface area (TPSA) is 16.4 Å². The van der Waals surface area contributed by atoms with E-state index in [1.165, 1.54) is 27.8 Å². The predicted molar refractivity (Wildman–Crippen MR) is 287 cm³/mol. The summed E-state index contributed by atoms with van der Waals surface area (Å²) in [5, 5.41) is 4.23. The van der Waals surface area contributed by atoms with Crippen molar-refractivity contribution in [1.82, 2.24) is 0 Å². The second-order valence-electron chi connectivity index (χ2n) is 18.1. The van der Waals surface area contributed by atoms with Gasteiger partial charge in [0.25, 0.3) is 0 Å². The highest BCUT2D eigenvalue weighted by molar-refractivity contribution is 6.63. The first kappa shape index (κ1) is 40.8. The second-order valence-corrected chi connectivity index (χ2v) is 18.1. The molecule has 0 saturated heterocycles. The summed E-state index contributed by atoms with van der Waals surface area (Å²) in [5.74, 6) is 0. The number of rotatable bonds is 7. The van der Waals surface area contributed by atoms with Crippen molar-refractivity contribution in [2.45, 2.75) is 19.3 Å². The third-order valence-electron chi connectivity index (χ3n) is 14.0. The van der Waals surface area contributed by atoms with Gasteiger partial charge in [-0.15, -0.1) is 0 Å². The molecule has 2 nitrogen and oxygen atoms in total. The van der Waals surface area contributed by atoms with E-state index < -0.39 is 0 Å². The number of anilines is 3. The Bertz CT molecular complexity index is 3730. The van der Waals surface area contributed by atoms with Gasteiger partial charge in [-0.2, -0.15) is 0 Å². The lowest BCUT2D eigenvalue weighted by Crippen LogP contribution is -2.46. The van der Waals surface area contributed by atoms with Crippen LogP contribution >= 0.6 is 0 Å². The quantitative estimate of drug-likeness (QED) is 0.149. The van der Waals surface area contributed by atoms with Crippen LogP contribution in [0.2, 0.25) is 0 Å². The molecule has 8 radical (unpaired) electrons. The molecule has 0 aliphatic heterocycles. The van der Waals surface area contributed by atoms with Crippen LogP contribution in [0.1, 0.15) is 25.0 Å². The number of benzene rings is 10. The molecule has 0 N–H and O–H groups in total. The van der Waals surface area contributed by atoms with Crippen molar-refractivity contribution >= 4 is 103 Å². The van der Waals surface area contributed by atoms with Crippen LogP contribution < -0.4 is 26.8 Å². The fourth-order valence-corrected chi connectivity index (χ4v) is 10.8. The van der Waals surface area contributed by atoms with E-state index in [0.717, 1.165) is 77.5 Å². The molecule has 11 aromatic rings. The Balaban J connectivity index is 1.06. The summed E-state index contributed by atoms with van der Waals surface area (Å²) in [7, 11) is 28.9. The molecular weight excluding hydrogens is 806 g/mol. The lowest BCUT2D eigenvalue weighted by molar-refractivity contribution is 0.662. The Morgan fingerprint density at radius 2 is 1.00 bits per heavy atom. The minimum Gasteiger partial charge on any atom is -0.455 e. The highest BCUT2D eigenvalue weighted by Crippen LogP contribution is 2.52. The lowest BCUT2D eigenvalue weighted by atomic mass is 9.64. The van der Waals surface area contributed by atoms with E-state index in [1.54, 1.807) is 0 Å². The fraction of sp³-hybridized carbons (Fsp3) is 0.0492. The van der Waals surface area contributed by atoms with Crippen LogP contribution in [0.4, 0.5) is 17.1 Å². The molecule has 0 bridgehead atoms. The molecule has 1 aliphatic rings. The normalized spacial score (nSPS) is 12.7. The van der Waals surface area contributed by atoms with Crippen molar-refractivity contribution in [2.24, 2.45) is 0 Å². The largest absolute Gasteiger partial charge is 0.455 e. The zero-order valence-corrected chi connectivity index (χ0v) is 37.2. The monoisotopic (exact) mass is 845 g/mol. The summed E-state index contributed by atoms with van der Waals surface area (Å²) in [4.78, 5) is 2.12. The summed E-state index contributed by atoms with van der Waals surface area (Å²) < 4.78 is 6.69. The van der Waals surface area contributed by atoms with Gasteiger partial charge in [0.05, 0.1) is 5.69 Å². The smallest absolute Gasteiger partial charge is 0.143 e. The lowest BCUT2D eigenvalue weighted by Gasteiger charge is -2.34. The van der Waals surface area contributed by atoms with Crippen molar-refractivity contribution in [2.75, 3.05) is 4.90 Å². The molecule has 0 unspecified atom stereocenters. The molecule has 6 heteroatoms. The van der Waals surface area contributed by atoms with E-state index in [2.05, 4.69) is 170 Å². The molecule has 10 aromatic carbocycles. The van der Waals surface area contributed by atoms with Crippen LogP contribution in [0.15, 0.2) is 205 Å². The fourth-order valence-electron chi connectivity index (χ4n) is 10.8. The minimum absolute atomic E-state index is 0.182. The number of hydrogen-bond acceptors (Lipinski definition) is 2. The van der Waals surface area contributed by atoms with Crippen LogP contribution in [0.5, 0.6) is 0 Å². The van der Waals surface area contributed by atoms with E-state index in [9.17, 15) is 0 Å². The van der Waals surface area contributed by atoms with Gasteiger partial charge in [-0.05, 0) is 96.9 Å². The van der Waals surface area contributed by atoms with Crippen LogP contribution in [-0.2, 0) is 5.41 Å². The number of fused-ring (bicyclic) bond motifs is 8. The molecule has 1 heterocycles. The zero-order chi connectivity index (χ0) is 45.6. The van der Waals surface area contributed by atoms with Crippen molar-refractivity contribution in [1.29, 1.82) is 0 Å². The molecule has 1 aromatic heterocycles. The maximum atomic E-state index is 7.31. The molecule has 0 atom stereocenters. The van der Waals surface area contributed by atoms with Crippen molar-refractivity contribution < 1.29 is 4.42 Å². The predicted octanol–water partition coefficient (Wildman–Crippen LogP) is 12.4. The molecular formula is C61H39B4NO. The van der Waals surface area contributed by atoms with E-state index in [4.69, 9.17) is 35.8 Å². The summed E-state index contributed by atoms with van der Waals surface area (Å²) in [6, 6.07) is 69.7. The molecule has 0 fully saturated rings. The van der Waals surface area contributed by atoms with Crippen molar-refractivity contribution in [3.8, 4) is 55.6 Å². The van der Waals surface area contributed by atoms with Gasteiger partial charge < -0.3 is 9.32 Å². The Hall–Kier alpha value is -7.68. The minimum atomic E-state index is -0.182. The highest BCUT2D eigenvalue weighted by Gasteiger charge is 2.37. The van der Waals surface area contributed by atoms with Crippen LogP contribution in [0, 0.1) is 0 Å². The van der Waals surface area contributed by atoms with Gasteiger partial charge in [0.1, 0.15) is 42.6 Å². The van der Waals surface area contributed by atoms with Gasteiger partial charge in [-0.1, -0.05) is 206 Å². The SMILES string of the molecule is [B]c1c([B])c(N(c2ccc(-c3cccc4c3C(C)(C)c3ccccc3-4)cc2)c2ccccc2-c2cccc3oc4c5ccccc5ccc4c23)c([B])c([B])c1-c1ccc(-c2ccccc2)cc1. The third-order valence-corrected chi connectivity index (χ3v) is 14.0. The molecule has 67 heavy (non-hydrogen) atoms. The number of hydrogen-bond donors (Lipinski definition) is 0. The van der Waals surface area contributed by atoms with E-state index >= 15 is 0 Å². The van der Waals surface area contributed by atoms with Gasteiger partial charge in [0.15, 0.2) is 0 Å². The number of furan rings is 1. The average molecular weight is 845 g/mol. The maximum Gasteiger partial charge on any atom is 0.143 e. The average Bonchev–Trinajstić information content (AvgIpc) is 3.88. The summed E-state index contributed by atoms with van der Waals surface area (Å²) >= 11 is 0. The Kier molecular flexibility index (Phi) is 9.59. The first-order valence-corrected chi connectivity index (χ1v) is 22.7. The van der Waals surface area contributed by atoms with Crippen molar-refractivity contribution in [3.05, 3.63) is 211 Å². The van der Waals surface area contributed by atoms with Gasteiger partial charge in [0, 0.05) is 38.5 Å². The molecule has 0 saturated carbocycles. The summed E-state index contributed by atoms with van der Waals surface area (Å²) in [6.45, 7) is 4.64. The summed E-state index contributed by atoms with van der Waals surface area (Å²) in [6.07, 6.45) is 0. The second kappa shape index (κ2) is 15.7. The van der Waals surface area contributed by atoms with Crippen LogP contribution in [0.25, 0.3) is 88.3 Å². The van der Waals surface area contributed by atoms with Gasteiger partial charge in [-0.25, -0.2) is 0 Å². The van der Waals surface area contributed by atoms with Gasteiger partial charge >= 0.3 is 0 Å². The molecule has 1 aliphatic carbocycles. The first-order valence-electron chi connectivity index (χ1n) is 22.7. The first-order chi connectivity index (χ1) is 32.7. The maximum absolute atomic E-state index is 7.31. The van der Waals surface area contributed by atoms with E-state index in [1.807, 2.05) is 48.5 Å². The third kappa shape index (κ3) is 6.38. The van der Waals surface area contributed by atoms with Gasteiger partial charge in [-0.3, -0.25) is 0 Å². The van der Waals surface area contributed by atoms with Gasteiger partial charge in [0.2, 0.25) is 0 Å². The van der Waals surface area contributed by atoms with E-state index in [-0.39, 0.29) is 5.41 Å². The Labute approximate surface area is 396 Å². The van der Waals surface area contributed by atoms with Crippen molar-refractivity contribution in [3.63, 3.8) is 0 Å². The zero-order valence-electron chi connectivity index (χ0n) is 37.2. The number of para-hydroxylation sites is 1. The van der Waals surface area contributed by atoms with E-state index in [0.29, 0.717) is 33.1 Å². The van der Waals surface area contributed by atoms with Crippen LogP contribution in [0.3, 0.4) is 0 Å². The molecule has 12 rings (SSSR count). The molecule has 0 amide bonds. The summed E-state index contributed by atoms with van der Waals surface area (Å²) in [5.41, 5.74) is 18.1. The van der Waals surface area contributed by atoms with Crippen LogP contribution in [-0.4, -0.2) is 31.4 Å².